The normalized spacial score (nSPS) is 19.5. The van der Waals surface area contributed by atoms with Crippen LogP contribution in [0.3, 0.4) is 0 Å². The van der Waals surface area contributed by atoms with E-state index in [2.05, 4.69) is 0 Å². The van der Waals surface area contributed by atoms with Crippen molar-refractivity contribution in [1.82, 2.24) is 9.55 Å². The molecule has 0 saturated heterocycles. The molecule has 1 aliphatic heterocycles. The van der Waals surface area contributed by atoms with Crippen LogP contribution in [0, 0.1) is 0 Å². The fraction of sp³-hybridized carbons (Fsp3) is 0.423. The maximum atomic E-state index is 13.5. The molecule has 0 radical (unpaired) electrons. The number of rotatable bonds is 3. The Hall–Kier alpha value is -3.03. The number of aliphatic hydroxyl groups is 1. The summed E-state index contributed by atoms with van der Waals surface area (Å²) in [4.78, 5) is 30.9. The predicted molar refractivity (Wildman–Crippen MR) is 124 cm³/mol. The van der Waals surface area contributed by atoms with Crippen LogP contribution >= 0.6 is 0 Å². The molecular formula is C26H28N2O5. The molecule has 2 N–H and O–H groups in total. The molecule has 2 aliphatic rings. The van der Waals surface area contributed by atoms with Gasteiger partial charge in [-0.2, -0.15) is 0 Å². The lowest BCUT2D eigenvalue weighted by atomic mass is 9.77. The van der Waals surface area contributed by atoms with E-state index in [1.165, 1.54) is 0 Å². The molecule has 5 rings (SSSR count). The topological polar surface area (TPSA) is 102 Å². The van der Waals surface area contributed by atoms with Gasteiger partial charge in [0.1, 0.15) is 11.4 Å². The summed E-state index contributed by atoms with van der Waals surface area (Å²) < 4.78 is 7.78. The number of hydrogen-bond donors (Lipinski definition) is 2. The minimum atomic E-state index is -1.65. The molecule has 7 heteroatoms. The number of aromatic nitrogens is 2. The molecule has 1 atom stereocenters. The Morgan fingerprint density at radius 2 is 1.91 bits per heavy atom. The van der Waals surface area contributed by atoms with Gasteiger partial charge in [-0.1, -0.05) is 6.92 Å². The van der Waals surface area contributed by atoms with E-state index >= 15 is 0 Å². The molecule has 3 heterocycles. The van der Waals surface area contributed by atoms with Crippen molar-refractivity contribution in [2.75, 3.05) is 0 Å². The van der Waals surface area contributed by atoms with E-state index < -0.39 is 5.60 Å². The number of carbonyl (C=O) groups excluding carboxylic acids is 1. The van der Waals surface area contributed by atoms with E-state index in [9.17, 15) is 19.8 Å². The number of ether oxygens (including phenoxy) is 1. The zero-order valence-corrected chi connectivity index (χ0v) is 19.4. The van der Waals surface area contributed by atoms with Gasteiger partial charge in [-0.3, -0.25) is 9.59 Å². The van der Waals surface area contributed by atoms with Crippen molar-refractivity contribution in [2.24, 2.45) is 0 Å². The van der Waals surface area contributed by atoms with Gasteiger partial charge < -0.3 is 19.5 Å². The minimum Gasteiger partial charge on any atom is -0.508 e. The molecule has 0 bridgehead atoms. The van der Waals surface area contributed by atoms with Crippen molar-refractivity contribution in [3.8, 4) is 17.1 Å². The van der Waals surface area contributed by atoms with Gasteiger partial charge in [0.15, 0.2) is 5.78 Å². The Kier molecular flexibility index (Phi) is 4.78. The number of Topliss-reactive ketones (excluding diaryl/α,β-unsaturated/α-hetero) is 1. The van der Waals surface area contributed by atoms with Crippen molar-refractivity contribution in [2.45, 2.75) is 71.3 Å². The number of ketones is 1. The lowest BCUT2D eigenvalue weighted by Gasteiger charge is -2.32. The van der Waals surface area contributed by atoms with E-state index in [0.29, 0.717) is 47.6 Å². The molecule has 7 nitrogen and oxygen atoms in total. The Balaban J connectivity index is 1.77. The first kappa shape index (κ1) is 21.8. The molecule has 0 spiro atoms. The van der Waals surface area contributed by atoms with Crippen molar-refractivity contribution in [3.05, 3.63) is 56.9 Å². The van der Waals surface area contributed by atoms with Gasteiger partial charge in [-0.25, -0.2) is 4.98 Å². The number of fused-ring (bicyclic) bond motifs is 5. The second-order valence-corrected chi connectivity index (χ2v) is 9.97. The maximum absolute atomic E-state index is 13.5. The highest BCUT2D eigenvalue weighted by Gasteiger charge is 2.43. The second-order valence-electron chi connectivity index (χ2n) is 9.97. The van der Waals surface area contributed by atoms with Crippen molar-refractivity contribution < 1.29 is 19.7 Å². The second kappa shape index (κ2) is 7.23. The lowest BCUT2D eigenvalue weighted by Crippen LogP contribution is -2.43. The number of phenols is 1. The standard InChI is InChI=1S/C26H28N2O5/c1-5-26(32)19-11-21-23-17(12-28(21)24(31)15(19)7-9-22(26)30)18(13-33-25(2,3)4)16-10-14(29)6-8-20(16)27-23/h6,8,10-11,29,32H,5,7,9,12-13H2,1-4H3/t26-/m0/s1. The number of benzene rings is 1. The minimum absolute atomic E-state index is 0.135. The average molecular weight is 449 g/mol. The van der Waals surface area contributed by atoms with Gasteiger partial charge in [0.05, 0.1) is 35.7 Å². The summed E-state index contributed by atoms with van der Waals surface area (Å²) in [6, 6.07) is 6.78. The van der Waals surface area contributed by atoms with Gasteiger partial charge in [0, 0.05) is 28.5 Å². The molecule has 0 unspecified atom stereocenters. The SMILES string of the molecule is CC[C@@]1(O)C(=O)CCc2c1cc1n(c2=O)Cc2c-1nc1ccc(O)cc1c2COC(C)(C)C. The molecule has 0 saturated carbocycles. The lowest BCUT2D eigenvalue weighted by molar-refractivity contribution is -0.140. The molecule has 33 heavy (non-hydrogen) atoms. The first-order valence-corrected chi connectivity index (χ1v) is 11.3. The summed E-state index contributed by atoms with van der Waals surface area (Å²) in [7, 11) is 0. The Morgan fingerprint density at radius 3 is 2.61 bits per heavy atom. The first-order chi connectivity index (χ1) is 15.5. The summed E-state index contributed by atoms with van der Waals surface area (Å²) in [5, 5.41) is 22.1. The van der Waals surface area contributed by atoms with E-state index in [0.717, 1.165) is 16.5 Å². The van der Waals surface area contributed by atoms with Gasteiger partial charge >= 0.3 is 0 Å². The molecule has 1 aliphatic carbocycles. The zero-order valence-electron chi connectivity index (χ0n) is 19.4. The van der Waals surface area contributed by atoms with Crippen LogP contribution in [-0.2, 0) is 34.7 Å². The maximum Gasteiger partial charge on any atom is 0.254 e. The quantitative estimate of drug-likeness (QED) is 0.497. The van der Waals surface area contributed by atoms with Gasteiger partial charge in [-0.05, 0) is 63.4 Å². The Bertz CT molecular complexity index is 1380. The third-order valence-electron chi connectivity index (χ3n) is 6.82. The van der Waals surface area contributed by atoms with E-state index in [-0.39, 0.29) is 35.5 Å². The summed E-state index contributed by atoms with van der Waals surface area (Å²) >= 11 is 0. The summed E-state index contributed by atoms with van der Waals surface area (Å²) in [5.74, 6) is -0.114. The van der Waals surface area contributed by atoms with Crippen LogP contribution in [0.4, 0.5) is 0 Å². The van der Waals surface area contributed by atoms with E-state index in [1.807, 2.05) is 20.8 Å². The van der Waals surface area contributed by atoms with Crippen molar-refractivity contribution >= 4 is 16.7 Å². The third-order valence-corrected chi connectivity index (χ3v) is 6.82. The fourth-order valence-electron chi connectivity index (χ4n) is 4.99. The number of nitrogens with zero attached hydrogens (tertiary/aromatic N) is 2. The number of hydrogen-bond acceptors (Lipinski definition) is 6. The summed E-state index contributed by atoms with van der Waals surface area (Å²) in [5.41, 5.74) is 2.38. The molecular weight excluding hydrogens is 420 g/mol. The number of carbonyl (C=O) groups is 1. The summed E-state index contributed by atoms with van der Waals surface area (Å²) in [6.07, 6.45) is 0.698. The van der Waals surface area contributed by atoms with Crippen LogP contribution in [-0.4, -0.2) is 31.1 Å². The smallest absolute Gasteiger partial charge is 0.254 e. The predicted octanol–water partition coefficient (Wildman–Crippen LogP) is 3.56. The van der Waals surface area contributed by atoms with Gasteiger partial charge in [0.25, 0.3) is 5.56 Å². The first-order valence-electron chi connectivity index (χ1n) is 11.3. The highest BCUT2D eigenvalue weighted by molar-refractivity contribution is 5.92. The average Bonchev–Trinajstić information content (AvgIpc) is 3.12. The fourth-order valence-corrected chi connectivity index (χ4v) is 4.99. The van der Waals surface area contributed by atoms with Crippen LogP contribution in [0.15, 0.2) is 29.1 Å². The summed E-state index contributed by atoms with van der Waals surface area (Å²) in [6.45, 7) is 8.31. The van der Waals surface area contributed by atoms with Crippen LogP contribution in [0.5, 0.6) is 5.75 Å². The molecule has 2 aromatic heterocycles. The largest absolute Gasteiger partial charge is 0.508 e. The zero-order chi connectivity index (χ0) is 23.7. The molecule has 0 amide bonds. The van der Waals surface area contributed by atoms with Crippen LogP contribution in [0.1, 0.15) is 62.8 Å². The Morgan fingerprint density at radius 1 is 1.15 bits per heavy atom. The third kappa shape index (κ3) is 3.30. The highest BCUT2D eigenvalue weighted by Crippen LogP contribution is 2.41. The van der Waals surface area contributed by atoms with Crippen molar-refractivity contribution in [1.29, 1.82) is 0 Å². The van der Waals surface area contributed by atoms with Crippen LogP contribution in [0.25, 0.3) is 22.3 Å². The molecule has 1 aromatic carbocycles. The molecule has 172 valence electrons. The van der Waals surface area contributed by atoms with Crippen LogP contribution < -0.4 is 5.56 Å². The highest BCUT2D eigenvalue weighted by atomic mass is 16.5. The number of aromatic hydroxyl groups is 1. The van der Waals surface area contributed by atoms with Gasteiger partial charge in [-0.15, -0.1) is 0 Å². The Labute approximate surface area is 191 Å². The van der Waals surface area contributed by atoms with E-state index in [4.69, 9.17) is 9.72 Å². The monoisotopic (exact) mass is 448 g/mol. The van der Waals surface area contributed by atoms with Crippen LogP contribution in [0.2, 0.25) is 0 Å². The van der Waals surface area contributed by atoms with E-state index in [1.54, 1.807) is 35.8 Å². The molecule has 0 fully saturated rings. The molecule has 3 aromatic rings. The number of phenolic OH excluding ortho intramolecular Hbond substituents is 1. The number of pyridine rings is 2. The van der Waals surface area contributed by atoms with Gasteiger partial charge in [0.2, 0.25) is 0 Å². The van der Waals surface area contributed by atoms with Crippen molar-refractivity contribution in [3.63, 3.8) is 0 Å².